The predicted octanol–water partition coefficient (Wildman–Crippen LogP) is 7.14. The Morgan fingerprint density at radius 3 is 2.22 bits per heavy atom. The molecule has 4 nitrogen and oxygen atoms in total. The first kappa shape index (κ1) is 25.4. The van der Waals surface area contributed by atoms with Gasteiger partial charge in [0.25, 0.3) is 0 Å². The summed E-state index contributed by atoms with van der Waals surface area (Å²) < 4.78 is -1.91. The van der Waals surface area contributed by atoms with Crippen molar-refractivity contribution in [2.45, 2.75) is 16.4 Å². The molecule has 0 aliphatic carbocycles. The minimum Gasteiger partial charge on any atom is -0.339 e. The third kappa shape index (κ3) is 6.67. The number of nitrogens with one attached hydrogen (secondary N) is 3. The van der Waals surface area contributed by atoms with E-state index in [1.165, 1.54) is 12.1 Å². The highest BCUT2D eigenvalue weighted by atomic mass is 35.6. The van der Waals surface area contributed by atoms with Crippen LogP contribution in [0.4, 0.5) is 5.69 Å². The Balaban J connectivity index is 1.71. The number of rotatable bonds is 5. The van der Waals surface area contributed by atoms with Gasteiger partial charge < -0.3 is 16.0 Å². The molecule has 0 aliphatic heterocycles. The molecule has 0 saturated carbocycles. The molecule has 1 unspecified atom stereocenters. The molecule has 0 fully saturated rings. The number of alkyl halides is 3. The van der Waals surface area contributed by atoms with Crippen LogP contribution in [0.2, 0.25) is 15.1 Å². The first-order chi connectivity index (χ1) is 15.0. The van der Waals surface area contributed by atoms with Crippen LogP contribution < -0.4 is 16.0 Å². The van der Waals surface area contributed by atoms with Crippen LogP contribution in [0.15, 0.2) is 54.6 Å². The van der Waals surface area contributed by atoms with Crippen molar-refractivity contribution in [2.24, 2.45) is 0 Å². The van der Waals surface area contributed by atoms with Gasteiger partial charge in [0, 0.05) is 5.02 Å². The quantitative estimate of drug-likeness (QED) is 0.174. The summed E-state index contributed by atoms with van der Waals surface area (Å²) in [4.78, 5) is 12.8. The second-order valence-electron chi connectivity index (χ2n) is 6.70. The van der Waals surface area contributed by atoms with Gasteiger partial charge in [0.15, 0.2) is 5.11 Å². The summed E-state index contributed by atoms with van der Waals surface area (Å²) >= 11 is 41.7. The van der Waals surface area contributed by atoms with E-state index < -0.39 is 9.96 Å². The van der Waals surface area contributed by atoms with Crippen molar-refractivity contribution in [2.75, 3.05) is 5.32 Å². The van der Waals surface area contributed by atoms with Gasteiger partial charge in [0.2, 0.25) is 9.70 Å². The number of carbonyl (C=O) groups excluding carboxylic acids is 1. The van der Waals surface area contributed by atoms with E-state index in [4.69, 9.17) is 81.8 Å². The van der Waals surface area contributed by atoms with Crippen LogP contribution in [-0.2, 0) is 11.2 Å². The summed E-state index contributed by atoms with van der Waals surface area (Å²) in [7, 11) is 0. The van der Waals surface area contributed by atoms with Crippen LogP contribution in [0, 0.1) is 0 Å². The molecule has 3 rings (SSSR count). The van der Waals surface area contributed by atoms with Gasteiger partial charge in [-0.05, 0) is 40.7 Å². The third-order valence-corrected chi connectivity index (χ3v) is 6.07. The highest BCUT2D eigenvalue weighted by Crippen LogP contribution is 2.34. The average molecular weight is 570 g/mol. The minimum absolute atomic E-state index is 0.0258. The lowest BCUT2D eigenvalue weighted by Gasteiger charge is -2.28. The van der Waals surface area contributed by atoms with Crippen molar-refractivity contribution in [3.8, 4) is 0 Å². The molecule has 1 atom stereocenters. The summed E-state index contributed by atoms with van der Waals surface area (Å²) in [6.45, 7) is 0. The molecule has 0 spiro atoms. The number of anilines is 1. The topological polar surface area (TPSA) is 53.2 Å². The van der Waals surface area contributed by atoms with Gasteiger partial charge in [0.1, 0.15) is 6.17 Å². The molecule has 0 aromatic heterocycles. The van der Waals surface area contributed by atoms with Crippen molar-refractivity contribution in [3.05, 3.63) is 75.2 Å². The summed E-state index contributed by atoms with van der Waals surface area (Å²) in [5.41, 5.74) is 1.16. The number of hydrogen-bond donors (Lipinski definition) is 3. The van der Waals surface area contributed by atoms with Gasteiger partial charge in [-0.25, -0.2) is 0 Å². The molecule has 0 heterocycles. The number of thiocarbonyl (C=S) groups is 1. The van der Waals surface area contributed by atoms with Crippen molar-refractivity contribution in [1.82, 2.24) is 10.6 Å². The van der Waals surface area contributed by atoms with Crippen molar-refractivity contribution < 1.29 is 4.79 Å². The third-order valence-electron chi connectivity index (χ3n) is 4.38. The van der Waals surface area contributed by atoms with E-state index in [1.54, 1.807) is 0 Å². The van der Waals surface area contributed by atoms with Gasteiger partial charge in [-0.3, -0.25) is 4.79 Å². The second kappa shape index (κ2) is 10.8. The maximum Gasteiger partial charge on any atom is 0.228 e. The molecular weight excluding hydrogens is 555 g/mol. The van der Waals surface area contributed by atoms with Crippen molar-refractivity contribution in [3.63, 3.8) is 0 Å². The first-order valence-corrected chi connectivity index (χ1v) is 11.8. The Bertz CT molecular complexity index is 1140. The summed E-state index contributed by atoms with van der Waals surface area (Å²) in [5.74, 6) is -0.365. The normalized spacial score (nSPS) is 12.3. The Kier molecular flexibility index (Phi) is 8.61. The Hall–Kier alpha value is -1.18. The van der Waals surface area contributed by atoms with Crippen LogP contribution in [-0.4, -0.2) is 21.0 Å². The number of carbonyl (C=O) groups is 1. The number of amides is 1. The van der Waals surface area contributed by atoms with E-state index in [0.29, 0.717) is 10.7 Å². The lowest BCUT2D eigenvalue weighted by Crippen LogP contribution is -2.56. The molecule has 32 heavy (non-hydrogen) atoms. The van der Waals surface area contributed by atoms with Crippen LogP contribution in [0.3, 0.4) is 0 Å². The largest absolute Gasteiger partial charge is 0.339 e. The molecule has 0 radical (unpaired) electrons. The monoisotopic (exact) mass is 567 g/mol. The van der Waals surface area contributed by atoms with E-state index in [0.717, 1.165) is 16.3 Å². The lowest BCUT2D eigenvalue weighted by molar-refractivity contribution is -0.121. The SMILES string of the molecule is O=C(Cc1cccc2ccccc12)NC(NC(=S)Nc1c(Cl)cc(Cl)cc1Cl)C(Cl)(Cl)Cl. The molecule has 11 heteroatoms. The molecular formula is C21H15Cl6N3OS. The molecule has 0 saturated heterocycles. The van der Waals surface area contributed by atoms with Crippen LogP contribution >= 0.6 is 81.8 Å². The molecule has 3 aromatic rings. The Morgan fingerprint density at radius 2 is 1.56 bits per heavy atom. The number of fused-ring (bicyclic) bond motifs is 1. The second-order valence-corrected chi connectivity index (χ2v) is 10.7. The number of benzene rings is 3. The fourth-order valence-electron chi connectivity index (χ4n) is 2.97. The Morgan fingerprint density at radius 1 is 0.938 bits per heavy atom. The zero-order valence-electron chi connectivity index (χ0n) is 16.1. The summed E-state index contributed by atoms with van der Waals surface area (Å²) in [5, 5.41) is 11.1. The zero-order chi connectivity index (χ0) is 23.5. The van der Waals surface area contributed by atoms with Gasteiger partial charge in [0.05, 0.1) is 22.2 Å². The highest BCUT2D eigenvalue weighted by Gasteiger charge is 2.34. The summed E-state index contributed by atoms with van der Waals surface area (Å²) in [6, 6.07) is 16.5. The van der Waals surface area contributed by atoms with Crippen LogP contribution in [0.25, 0.3) is 10.8 Å². The first-order valence-electron chi connectivity index (χ1n) is 9.09. The fraction of sp³-hybridized carbons (Fsp3) is 0.143. The number of halogens is 6. The maximum atomic E-state index is 12.8. The molecule has 3 aromatic carbocycles. The maximum absolute atomic E-state index is 12.8. The van der Waals surface area contributed by atoms with Crippen molar-refractivity contribution in [1.29, 1.82) is 0 Å². The van der Waals surface area contributed by atoms with Crippen LogP contribution in [0.5, 0.6) is 0 Å². The predicted molar refractivity (Wildman–Crippen MR) is 141 cm³/mol. The van der Waals surface area contributed by atoms with E-state index in [2.05, 4.69) is 16.0 Å². The average Bonchev–Trinajstić information content (AvgIpc) is 2.70. The standard InChI is InChI=1S/C21H15Cl6N3OS/c22-13-9-15(23)18(16(24)10-13)29-20(32)30-19(21(25,26)27)28-17(31)8-12-6-3-5-11-4-1-2-7-14(11)12/h1-7,9-10,19H,8H2,(H,28,31)(H2,29,30,32). The van der Waals surface area contributed by atoms with E-state index >= 15 is 0 Å². The van der Waals surface area contributed by atoms with E-state index in [-0.39, 0.29) is 27.5 Å². The zero-order valence-corrected chi connectivity index (χ0v) is 21.4. The molecule has 1 amide bonds. The fourth-order valence-corrected chi connectivity index (χ4v) is 4.43. The van der Waals surface area contributed by atoms with Gasteiger partial charge in [-0.1, -0.05) is 112 Å². The summed E-state index contributed by atoms with van der Waals surface area (Å²) in [6.07, 6.45) is -1.06. The van der Waals surface area contributed by atoms with Crippen LogP contribution in [0.1, 0.15) is 5.56 Å². The van der Waals surface area contributed by atoms with Gasteiger partial charge in [-0.2, -0.15) is 0 Å². The van der Waals surface area contributed by atoms with E-state index in [9.17, 15) is 4.79 Å². The Labute approximate surface area is 220 Å². The number of hydrogen-bond acceptors (Lipinski definition) is 2. The molecule has 3 N–H and O–H groups in total. The highest BCUT2D eigenvalue weighted by molar-refractivity contribution is 7.80. The van der Waals surface area contributed by atoms with Gasteiger partial charge in [-0.15, -0.1) is 0 Å². The molecule has 168 valence electrons. The minimum atomic E-state index is -1.91. The van der Waals surface area contributed by atoms with Crippen molar-refractivity contribution >= 4 is 109 Å². The lowest BCUT2D eigenvalue weighted by atomic mass is 10.0. The van der Waals surface area contributed by atoms with E-state index in [1.807, 2.05) is 42.5 Å². The smallest absolute Gasteiger partial charge is 0.228 e. The molecule has 0 aliphatic rings. The van der Waals surface area contributed by atoms with Gasteiger partial charge >= 0.3 is 0 Å². The molecule has 0 bridgehead atoms.